The molecule has 2 heterocycles. The first kappa shape index (κ1) is 23.4. The fourth-order valence-electron chi connectivity index (χ4n) is 4.23. The Hall–Kier alpha value is -2.30. The van der Waals surface area contributed by atoms with Crippen molar-refractivity contribution in [2.45, 2.75) is 66.2 Å². The molecule has 5 heteroatoms. The maximum absolute atomic E-state index is 13.4. The third-order valence-corrected chi connectivity index (χ3v) is 6.21. The van der Waals surface area contributed by atoms with Crippen LogP contribution in [-0.2, 0) is 9.59 Å². The molecule has 0 radical (unpaired) electrons. The van der Waals surface area contributed by atoms with Crippen LogP contribution in [0.3, 0.4) is 0 Å². The zero-order valence-corrected chi connectivity index (χ0v) is 19.7. The topological polar surface area (TPSA) is 49.9 Å². The molecule has 31 heavy (non-hydrogen) atoms. The van der Waals surface area contributed by atoms with Crippen molar-refractivity contribution in [3.63, 3.8) is 0 Å². The lowest BCUT2D eigenvalue weighted by Crippen LogP contribution is -2.38. The van der Waals surface area contributed by atoms with Crippen molar-refractivity contribution < 1.29 is 14.3 Å². The van der Waals surface area contributed by atoms with Gasteiger partial charge in [-0.25, -0.2) is 0 Å². The first-order valence-electron chi connectivity index (χ1n) is 12.0. The van der Waals surface area contributed by atoms with Gasteiger partial charge in [0.1, 0.15) is 11.4 Å². The number of carbonyl (C=O) groups excluding carboxylic acids is 2. The Labute approximate surface area is 187 Å². The van der Waals surface area contributed by atoms with Crippen molar-refractivity contribution in [1.82, 2.24) is 9.80 Å². The van der Waals surface area contributed by atoms with E-state index in [2.05, 4.69) is 32.6 Å². The van der Waals surface area contributed by atoms with E-state index in [1.807, 2.05) is 24.3 Å². The molecule has 0 unspecified atom stereocenters. The van der Waals surface area contributed by atoms with Crippen LogP contribution in [0.1, 0.15) is 71.8 Å². The first-order valence-corrected chi connectivity index (χ1v) is 12.0. The van der Waals surface area contributed by atoms with Crippen LogP contribution in [0.2, 0.25) is 0 Å². The number of benzene rings is 1. The molecule has 0 bridgehead atoms. The van der Waals surface area contributed by atoms with Crippen LogP contribution in [0, 0.1) is 11.8 Å². The molecule has 0 aromatic heterocycles. The highest BCUT2D eigenvalue weighted by Gasteiger charge is 2.41. The second-order valence-electron chi connectivity index (χ2n) is 9.45. The van der Waals surface area contributed by atoms with E-state index in [1.165, 1.54) is 4.90 Å². The largest absolute Gasteiger partial charge is 0.493 e. The van der Waals surface area contributed by atoms with E-state index in [9.17, 15) is 9.59 Å². The minimum Gasteiger partial charge on any atom is -0.493 e. The Bertz CT molecular complexity index is 789. The molecule has 1 aromatic rings. The smallest absolute Gasteiger partial charge is 0.277 e. The van der Waals surface area contributed by atoms with E-state index < -0.39 is 0 Å². The standard InChI is InChI=1S/C26H38N2O3/c1-5-6-7-8-15-28-25(29)23(21-9-11-22(12-10-21)31-18-19(2)3)24(26(28)30)27-16-13-20(4)14-17-27/h9-12,19-20H,5-8,13-18H2,1-4H3. The van der Waals surface area contributed by atoms with Crippen LogP contribution in [-0.4, -0.2) is 47.9 Å². The summed E-state index contributed by atoms with van der Waals surface area (Å²) in [7, 11) is 0. The molecule has 2 aliphatic rings. The van der Waals surface area contributed by atoms with Crippen LogP contribution in [0.25, 0.3) is 5.57 Å². The van der Waals surface area contributed by atoms with Gasteiger partial charge in [0.25, 0.3) is 11.8 Å². The van der Waals surface area contributed by atoms with Crippen molar-refractivity contribution in [2.75, 3.05) is 26.2 Å². The van der Waals surface area contributed by atoms with E-state index in [4.69, 9.17) is 4.74 Å². The van der Waals surface area contributed by atoms with Crippen LogP contribution in [0.4, 0.5) is 0 Å². The van der Waals surface area contributed by atoms with Gasteiger partial charge in [-0.05, 0) is 48.8 Å². The molecular formula is C26H38N2O3. The SMILES string of the molecule is CCCCCCN1C(=O)C(c2ccc(OCC(C)C)cc2)=C(N2CCC(C)CC2)C1=O. The Morgan fingerprint density at radius 2 is 1.68 bits per heavy atom. The fraction of sp³-hybridized carbons (Fsp3) is 0.615. The Balaban J connectivity index is 1.85. The number of ether oxygens (including phenoxy) is 1. The van der Waals surface area contributed by atoms with E-state index in [0.29, 0.717) is 36.3 Å². The molecule has 2 aliphatic heterocycles. The summed E-state index contributed by atoms with van der Waals surface area (Å²) < 4.78 is 5.80. The number of likely N-dealkylation sites (tertiary alicyclic amines) is 1. The summed E-state index contributed by atoms with van der Waals surface area (Å²) in [5.74, 6) is 1.64. The van der Waals surface area contributed by atoms with Gasteiger partial charge in [-0.3, -0.25) is 14.5 Å². The van der Waals surface area contributed by atoms with E-state index in [-0.39, 0.29) is 11.8 Å². The Kier molecular flexibility index (Phi) is 8.16. The highest BCUT2D eigenvalue weighted by Crippen LogP contribution is 2.34. The van der Waals surface area contributed by atoms with Gasteiger partial charge in [0.05, 0.1) is 12.2 Å². The minimum absolute atomic E-state index is 0.119. The lowest BCUT2D eigenvalue weighted by molar-refractivity contribution is -0.137. The molecule has 0 saturated carbocycles. The number of amides is 2. The molecule has 0 atom stereocenters. The average Bonchev–Trinajstić information content (AvgIpc) is 3.00. The summed E-state index contributed by atoms with van der Waals surface area (Å²) >= 11 is 0. The normalized spacial score (nSPS) is 18.0. The van der Waals surface area contributed by atoms with E-state index in [0.717, 1.165) is 62.9 Å². The van der Waals surface area contributed by atoms with Gasteiger partial charge >= 0.3 is 0 Å². The van der Waals surface area contributed by atoms with Crippen molar-refractivity contribution in [3.8, 4) is 5.75 Å². The number of nitrogens with zero attached hydrogens (tertiary/aromatic N) is 2. The number of rotatable bonds is 10. The van der Waals surface area contributed by atoms with Crippen molar-refractivity contribution in [3.05, 3.63) is 35.5 Å². The van der Waals surface area contributed by atoms with Gasteiger partial charge in [0, 0.05) is 19.6 Å². The summed E-state index contributed by atoms with van der Waals surface area (Å²) in [5, 5.41) is 0. The van der Waals surface area contributed by atoms with Crippen LogP contribution >= 0.6 is 0 Å². The lowest BCUT2D eigenvalue weighted by Gasteiger charge is -2.32. The van der Waals surface area contributed by atoms with Crippen molar-refractivity contribution in [2.24, 2.45) is 11.8 Å². The Morgan fingerprint density at radius 3 is 2.29 bits per heavy atom. The molecule has 5 nitrogen and oxygen atoms in total. The molecule has 1 fully saturated rings. The zero-order chi connectivity index (χ0) is 22.4. The summed E-state index contributed by atoms with van der Waals surface area (Å²) in [6, 6.07) is 7.65. The number of hydrogen-bond donors (Lipinski definition) is 0. The van der Waals surface area contributed by atoms with Gasteiger partial charge in [-0.2, -0.15) is 0 Å². The summed E-state index contributed by atoms with van der Waals surface area (Å²) in [6.07, 6.45) is 6.28. The molecular weight excluding hydrogens is 388 g/mol. The molecule has 1 aromatic carbocycles. The second-order valence-corrected chi connectivity index (χ2v) is 9.45. The van der Waals surface area contributed by atoms with Gasteiger partial charge in [-0.15, -0.1) is 0 Å². The van der Waals surface area contributed by atoms with E-state index >= 15 is 0 Å². The van der Waals surface area contributed by atoms with Crippen LogP contribution in [0.5, 0.6) is 5.75 Å². The molecule has 3 rings (SSSR count). The molecule has 1 saturated heterocycles. The molecule has 0 spiro atoms. The molecule has 170 valence electrons. The number of carbonyl (C=O) groups is 2. The molecule has 0 N–H and O–H groups in total. The van der Waals surface area contributed by atoms with Crippen molar-refractivity contribution >= 4 is 17.4 Å². The van der Waals surface area contributed by atoms with Crippen molar-refractivity contribution in [1.29, 1.82) is 0 Å². The van der Waals surface area contributed by atoms with Crippen LogP contribution < -0.4 is 4.74 Å². The molecule has 0 aliphatic carbocycles. The second kappa shape index (κ2) is 10.8. The molecule has 2 amide bonds. The lowest BCUT2D eigenvalue weighted by atomic mass is 9.97. The van der Waals surface area contributed by atoms with Gasteiger partial charge in [0.15, 0.2) is 0 Å². The highest BCUT2D eigenvalue weighted by molar-refractivity contribution is 6.35. The first-order chi connectivity index (χ1) is 14.9. The number of hydrogen-bond acceptors (Lipinski definition) is 4. The summed E-state index contributed by atoms with van der Waals surface area (Å²) in [4.78, 5) is 30.4. The van der Waals surface area contributed by atoms with Crippen LogP contribution in [0.15, 0.2) is 30.0 Å². The predicted molar refractivity (Wildman–Crippen MR) is 125 cm³/mol. The maximum atomic E-state index is 13.4. The predicted octanol–water partition coefficient (Wildman–Crippen LogP) is 5.11. The third kappa shape index (κ3) is 5.69. The third-order valence-electron chi connectivity index (χ3n) is 6.21. The number of piperidine rings is 1. The monoisotopic (exact) mass is 426 g/mol. The number of imide groups is 1. The number of unbranched alkanes of at least 4 members (excludes halogenated alkanes) is 3. The van der Waals surface area contributed by atoms with E-state index in [1.54, 1.807) is 0 Å². The van der Waals surface area contributed by atoms with Gasteiger partial charge in [-0.1, -0.05) is 59.1 Å². The van der Waals surface area contributed by atoms with Gasteiger partial charge in [0.2, 0.25) is 0 Å². The average molecular weight is 427 g/mol. The highest BCUT2D eigenvalue weighted by atomic mass is 16.5. The fourth-order valence-corrected chi connectivity index (χ4v) is 4.23. The summed E-state index contributed by atoms with van der Waals surface area (Å²) in [6.45, 7) is 11.5. The maximum Gasteiger partial charge on any atom is 0.277 e. The van der Waals surface area contributed by atoms with Gasteiger partial charge < -0.3 is 9.64 Å². The Morgan fingerprint density at radius 1 is 1.00 bits per heavy atom. The zero-order valence-electron chi connectivity index (χ0n) is 19.7. The summed E-state index contributed by atoms with van der Waals surface area (Å²) in [5.41, 5.74) is 1.97. The minimum atomic E-state index is -0.147. The quantitative estimate of drug-likeness (QED) is 0.385.